The minimum absolute atomic E-state index is 0.0302. The zero-order valence-corrected chi connectivity index (χ0v) is 11.4. The van der Waals surface area contributed by atoms with Gasteiger partial charge in [-0.2, -0.15) is 0 Å². The molecule has 7 heteroatoms. The van der Waals surface area contributed by atoms with Crippen molar-refractivity contribution in [2.24, 2.45) is 0 Å². The molecule has 1 aliphatic rings. The number of hydrogen-bond acceptors (Lipinski definition) is 3. The molecule has 0 bridgehead atoms. The van der Waals surface area contributed by atoms with Gasteiger partial charge in [0.05, 0.1) is 12.7 Å². The van der Waals surface area contributed by atoms with Crippen molar-refractivity contribution in [2.45, 2.75) is 38.3 Å². The maximum absolute atomic E-state index is 12.0. The lowest BCUT2D eigenvalue weighted by Crippen LogP contribution is -2.43. The number of aliphatic carboxylic acids is 1. The maximum Gasteiger partial charge on any atom is 0.317 e. The van der Waals surface area contributed by atoms with E-state index in [4.69, 9.17) is 5.11 Å². The summed E-state index contributed by atoms with van der Waals surface area (Å²) in [7, 11) is 0. The summed E-state index contributed by atoms with van der Waals surface area (Å²) >= 11 is 0. The van der Waals surface area contributed by atoms with E-state index in [9.17, 15) is 9.59 Å². The lowest BCUT2D eigenvalue weighted by molar-refractivity contribution is -0.137. The Morgan fingerprint density at radius 1 is 1.45 bits per heavy atom. The summed E-state index contributed by atoms with van der Waals surface area (Å²) in [4.78, 5) is 28.3. The maximum atomic E-state index is 12.0. The number of carbonyl (C=O) groups excluding carboxylic acids is 1. The number of aromatic nitrogens is 2. The smallest absolute Gasteiger partial charge is 0.317 e. The summed E-state index contributed by atoms with van der Waals surface area (Å²) < 4.78 is 1.95. The molecule has 1 unspecified atom stereocenters. The number of carboxylic acids is 1. The number of likely N-dealkylation sites (tertiary alicyclic amines) is 1. The zero-order chi connectivity index (χ0) is 14.4. The Hall–Kier alpha value is -2.05. The molecule has 0 aromatic carbocycles. The highest BCUT2D eigenvalue weighted by Gasteiger charge is 2.29. The van der Waals surface area contributed by atoms with Crippen molar-refractivity contribution in [3.8, 4) is 0 Å². The van der Waals surface area contributed by atoms with Crippen LogP contribution in [-0.2, 0) is 11.3 Å². The van der Waals surface area contributed by atoms with Gasteiger partial charge >= 0.3 is 12.0 Å². The zero-order valence-electron chi connectivity index (χ0n) is 11.4. The van der Waals surface area contributed by atoms with Crippen molar-refractivity contribution in [1.29, 1.82) is 0 Å². The van der Waals surface area contributed by atoms with E-state index in [0.29, 0.717) is 13.1 Å². The van der Waals surface area contributed by atoms with Gasteiger partial charge in [0.25, 0.3) is 0 Å². The van der Waals surface area contributed by atoms with Crippen molar-refractivity contribution in [3.05, 3.63) is 18.7 Å². The summed E-state index contributed by atoms with van der Waals surface area (Å²) in [5, 5.41) is 11.7. The Morgan fingerprint density at radius 2 is 2.30 bits per heavy atom. The second-order valence-corrected chi connectivity index (χ2v) is 4.97. The molecule has 2 N–H and O–H groups in total. The molecule has 0 aliphatic carbocycles. The molecule has 1 saturated heterocycles. The Morgan fingerprint density at radius 3 is 3.00 bits per heavy atom. The fraction of sp³-hybridized carbons (Fsp3) is 0.615. The monoisotopic (exact) mass is 280 g/mol. The van der Waals surface area contributed by atoms with Gasteiger partial charge < -0.3 is 19.9 Å². The third-order valence-electron chi connectivity index (χ3n) is 3.48. The van der Waals surface area contributed by atoms with Crippen LogP contribution < -0.4 is 5.32 Å². The summed E-state index contributed by atoms with van der Waals surface area (Å²) in [6.07, 6.45) is 7.84. The molecule has 0 radical (unpaired) electrons. The first-order chi connectivity index (χ1) is 9.66. The van der Waals surface area contributed by atoms with Crippen LogP contribution in [0, 0.1) is 0 Å². The molecule has 0 spiro atoms. The van der Waals surface area contributed by atoms with Gasteiger partial charge in [0.15, 0.2) is 0 Å². The number of carboxylic acid groups (broad SMARTS) is 1. The van der Waals surface area contributed by atoms with Crippen molar-refractivity contribution < 1.29 is 14.7 Å². The van der Waals surface area contributed by atoms with Crippen LogP contribution in [-0.4, -0.2) is 50.7 Å². The standard InChI is InChI=1S/C13H20N4O3/c18-12(19)9-11-3-1-7-17(11)13(20)15-4-2-6-16-8-5-14-10-16/h5,8,10-11H,1-4,6-7,9H2,(H,15,20)(H,18,19). The third kappa shape index (κ3) is 3.97. The molecule has 2 heterocycles. The van der Waals surface area contributed by atoms with Gasteiger partial charge in [-0.3, -0.25) is 4.79 Å². The van der Waals surface area contributed by atoms with Crippen LogP contribution in [0.15, 0.2) is 18.7 Å². The molecule has 1 aromatic rings. The van der Waals surface area contributed by atoms with E-state index in [1.807, 2.05) is 10.8 Å². The number of urea groups is 1. The molecule has 1 aliphatic heterocycles. The van der Waals surface area contributed by atoms with Crippen LogP contribution in [0.1, 0.15) is 25.7 Å². The minimum Gasteiger partial charge on any atom is -0.481 e. The second kappa shape index (κ2) is 6.93. The van der Waals surface area contributed by atoms with Crippen LogP contribution >= 0.6 is 0 Å². The molecule has 2 rings (SSSR count). The van der Waals surface area contributed by atoms with Gasteiger partial charge in [0, 0.05) is 38.1 Å². The fourth-order valence-corrected chi connectivity index (χ4v) is 2.49. The van der Waals surface area contributed by atoms with Crippen LogP contribution in [0.4, 0.5) is 4.79 Å². The number of nitrogens with one attached hydrogen (secondary N) is 1. The van der Waals surface area contributed by atoms with Gasteiger partial charge in [-0.05, 0) is 19.3 Å². The molecule has 1 aromatic heterocycles. The molecular weight excluding hydrogens is 260 g/mol. The van der Waals surface area contributed by atoms with E-state index in [-0.39, 0.29) is 18.5 Å². The van der Waals surface area contributed by atoms with Crippen LogP contribution in [0.2, 0.25) is 0 Å². The molecule has 110 valence electrons. The molecule has 0 saturated carbocycles. The number of aryl methyl sites for hydroxylation is 1. The third-order valence-corrected chi connectivity index (χ3v) is 3.48. The Balaban J connectivity index is 1.69. The Kier molecular flexibility index (Phi) is 4.97. The summed E-state index contributed by atoms with van der Waals surface area (Å²) in [6.45, 7) is 2.03. The summed E-state index contributed by atoms with van der Waals surface area (Å²) in [5.74, 6) is -0.852. The topological polar surface area (TPSA) is 87.5 Å². The van der Waals surface area contributed by atoms with E-state index in [1.54, 1.807) is 17.4 Å². The van der Waals surface area contributed by atoms with E-state index in [2.05, 4.69) is 10.3 Å². The lowest BCUT2D eigenvalue weighted by atomic mass is 10.1. The Labute approximate surface area is 117 Å². The number of nitrogens with zero attached hydrogens (tertiary/aromatic N) is 3. The molecule has 7 nitrogen and oxygen atoms in total. The predicted molar refractivity (Wildman–Crippen MR) is 72.2 cm³/mol. The minimum atomic E-state index is -0.852. The largest absolute Gasteiger partial charge is 0.481 e. The number of carbonyl (C=O) groups is 2. The summed E-state index contributed by atoms with van der Waals surface area (Å²) in [5.41, 5.74) is 0. The normalized spacial score (nSPS) is 18.2. The quantitative estimate of drug-likeness (QED) is 0.759. The van der Waals surface area contributed by atoms with Crippen molar-refractivity contribution in [3.63, 3.8) is 0 Å². The van der Waals surface area contributed by atoms with E-state index < -0.39 is 5.97 Å². The van der Waals surface area contributed by atoms with Gasteiger partial charge in [-0.15, -0.1) is 0 Å². The van der Waals surface area contributed by atoms with E-state index >= 15 is 0 Å². The molecule has 1 fully saturated rings. The van der Waals surface area contributed by atoms with Crippen molar-refractivity contribution >= 4 is 12.0 Å². The highest BCUT2D eigenvalue weighted by atomic mass is 16.4. The molecule has 2 amide bonds. The van der Waals surface area contributed by atoms with Gasteiger partial charge in [0.2, 0.25) is 0 Å². The first-order valence-corrected chi connectivity index (χ1v) is 6.89. The van der Waals surface area contributed by atoms with Gasteiger partial charge in [0.1, 0.15) is 0 Å². The fourth-order valence-electron chi connectivity index (χ4n) is 2.49. The highest BCUT2D eigenvalue weighted by molar-refractivity contribution is 5.76. The van der Waals surface area contributed by atoms with Crippen LogP contribution in [0.3, 0.4) is 0 Å². The Bertz CT molecular complexity index is 446. The highest BCUT2D eigenvalue weighted by Crippen LogP contribution is 2.19. The van der Waals surface area contributed by atoms with Gasteiger partial charge in [-0.1, -0.05) is 0 Å². The summed E-state index contributed by atoms with van der Waals surface area (Å²) in [6, 6.07) is -0.319. The average molecular weight is 280 g/mol. The van der Waals surface area contributed by atoms with Gasteiger partial charge in [-0.25, -0.2) is 9.78 Å². The van der Waals surface area contributed by atoms with E-state index in [1.165, 1.54) is 0 Å². The lowest BCUT2D eigenvalue weighted by Gasteiger charge is -2.23. The van der Waals surface area contributed by atoms with Crippen LogP contribution in [0.5, 0.6) is 0 Å². The molecule has 20 heavy (non-hydrogen) atoms. The second-order valence-electron chi connectivity index (χ2n) is 4.97. The first-order valence-electron chi connectivity index (χ1n) is 6.89. The molecule has 1 atom stereocenters. The van der Waals surface area contributed by atoms with E-state index in [0.717, 1.165) is 25.8 Å². The predicted octanol–water partition coefficient (Wildman–Crippen LogP) is 0.922. The number of hydrogen-bond donors (Lipinski definition) is 2. The number of amides is 2. The van der Waals surface area contributed by atoms with Crippen molar-refractivity contribution in [1.82, 2.24) is 19.8 Å². The van der Waals surface area contributed by atoms with Crippen molar-refractivity contribution in [2.75, 3.05) is 13.1 Å². The molecular formula is C13H20N4O3. The number of imidazole rings is 1. The SMILES string of the molecule is O=C(O)CC1CCCN1C(=O)NCCCn1ccnc1. The first kappa shape index (κ1) is 14.4. The van der Waals surface area contributed by atoms with Crippen LogP contribution in [0.25, 0.3) is 0 Å². The average Bonchev–Trinajstić information content (AvgIpc) is 3.04. The number of rotatable bonds is 6.